The molecule has 1 heterocycles. The van der Waals surface area contributed by atoms with Gasteiger partial charge in [-0.3, -0.25) is 24.0 Å². The number of aromatic amines is 1. The average Bonchev–Trinajstić information content (AvgIpc) is 3.53. The van der Waals surface area contributed by atoms with Gasteiger partial charge in [-0.2, -0.15) is 0 Å². The predicted molar refractivity (Wildman–Crippen MR) is 191 cm³/mol. The van der Waals surface area contributed by atoms with Crippen LogP contribution in [0.25, 0.3) is 21.7 Å². The van der Waals surface area contributed by atoms with E-state index in [1.54, 1.807) is 0 Å². The fraction of sp³-hybridized carbons (Fsp3) is 0.256. The number of benzene rings is 4. The molecule has 4 amide bonds. The van der Waals surface area contributed by atoms with E-state index in [9.17, 15) is 29.1 Å². The second kappa shape index (κ2) is 17.4. The summed E-state index contributed by atoms with van der Waals surface area (Å²) in [7, 11) is 0. The Kier molecular flexibility index (Phi) is 12.3. The van der Waals surface area contributed by atoms with Crippen LogP contribution in [0.15, 0.2) is 103 Å². The Hall–Kier alpha value is -5.97. The number of carboxylic acid groups (broad SMARTS) is 1. The number of hydrogen-bond donors (Lipinski definition) is 6. The highest BCUT2D eigenvalue weighted by Gasteiger charge is 2.25. The number of nitrogens with one attached hydrogen (secondary N) is 5. The Morgan fingerprint density at radius 3 is 1.96 bits per heavy atom. The molecule has 5 rings (SSSR count). The van der Waals surface area contributed by atoms with Crippen LogP contribution in [0.4, 0.5) is 0 Å². The maximum Gasteiger partial charge on any atom is 0.305 e. The summed E-state index contributed by atoms with van der Waals surface area (Å²) < 4.78 is 0. The van der Waals surface area contributed by atoms with Gasteiger partial charge in [-0.05, 0) is 46.4 Å². The minimum atomic E-state index is -1.30. The van der Waals surface area contributed by atoms with E-state index in [4.69, 9.17) is 0 Å². The van der Waals surface area contributed by atoms with Crippen LogP contribution >= 0.6 is 0 Å². The van der Waals surface area contributed by atoms with Crippen LogP contribution in [0.2, 0.25) is 0 Å². The van der Waals surface area contributed by atoms with Crippen molar-refractivity contribution in [3.8, 4) is 0 Å². The van der Waals surface area contributed by atoms with Crippen molar-refractivity contribution in [1.82, 2.24) is 26.3 Å². The highest BCUT2D eigenvalue weighted by Crippen LogP contribution is 2.20. The van der Waals surface area contributed by atoms with Crippen LogP contribution in [-0.4, -0.2) is 64.9 Å². The van der Waals surface area contributed by atoms with E-state index in [-0.39, 0.29) is 31.7 Å². The highest BCUT2D eigenvalue weighted by atomic mass is 16.4. The first kappa shape index (κ1) is 35.3. The number of aliphatic carboxylic acids is 1. The van der Waals surface area contributed by atoms with E-state index in [2.05, 4.69) is 32.3 Å². The summed E-state index contributed by atoms with van der Waals surface area (Å²) in [5.74, 6) is -3.42. The van der Waals surface area contributed by atoms with Gasteiger partial charge in [0.05, 0.1) is 6.42 Å². The van der Waals surface area contributed by atoms with E-state index >= 15 is 0 Å². The number of carboxylic acids is 1. The molecule has 50 heavy (non-hydrogen) atoms. The molecule has 4 aromatic carbocycles. The Morgan fingerprint density at radius 2 is 1.24 bits per heavy atom. The maximum atomic E-state index is 13.5. The molecule has 0 saturated carbocycles. The van der Waals surface area contributed by atoms with Gasteiger partial charge in [0.25, 0.3) is 0 Å². The van der Waals surface area contributed by atoms with Gasteiger partial charge in [-0.1, -0.05) is 91.0 Å². The molecule has 0 saturated heterocycles. The van der Waals surface area contributed by atoms with Crippen molar-refractivity contribution in [3.63, 3.8) is 0 Å². The number of rotatable bonds is 17. The van der Waals surface area contributed by atoms with Crippen molar-refractivity contribution < 1.29 is 29.1 Å². The van der Waals surface area contributed by atoms with E-state index in [0.29, 0.717) is 19.4 Å². The lowest BCUT2D eigenvalue weighted by Gasteiger charge is -2.19. The van der Waals surface area contributed by atoms with Crippen molar-refractivity contribution in [2.75, 3.05) is 13.1 Å². The number of carbonyl (C=O) groups is 5. The smallest absolute Gasteiger partial charge is 0.305 e. The monoisotopic (exact) mass is 675 g/mol. The molecule has 6 N–H and O–H groups in total. The van der Waals surface area contributed by atoms with E-state index in [1.807, 2.05) is 97.2 Å². The second-order valence-corrected chi connectivity index (χ2v) is 12.2. The first-order valence-electron chi connectivity index (χ1n) is 16.7. The number of para-hydroxylation sites is 1. The predicted octanol–water partition coefficient (Wildman–Crippen LogP) is 3.81. The lowest BCUT2D eigenvalue weighted by Crippen LogP contribution is -2.49. The fourth-order valence-electron chi connectivity index (χ4n) is 5.82. The molecule has 0 bridgehead atoms. The molecule has 5 aromatic rings. The van der Waals surface area contributed by atoms with E-state index in [0.717, 1.165) is 38.4 Å². The molecular formula is C39H41N5O6. The zero-order valence-electron chi connectivity index (χ0n) is 27.6. The maximum absolute atomic E-state index is 13.5. The first-order valence-corrected chi connectivity index (χ1v) is 16.7. The number of fused-ring (bicyclic) bond motifs is 2. The molecule has 0 fully saturated rings. The molecule has 0 radical (unpaired) electrons. The average molecular weight is 676 g/mol. The number of amides is 4. The van der Waals surface area contributed by atoms with Gasteiger partial charge >= 0.3 is 5.97 Å². The lowest BCUT2D eigenvalue weighted by molar-refractivity contribution is -0.140. The normalized spacial score (nSPS) is 12.2. The van der Waals surface area contributed by atoms with Gasteiger partial charge in [0, 0.05) is 49.5 Å². The summed E-state index contributed by atoms with van der Waals surface area (Å²) in [5.41, 5.74) is 3.82. The molecular weight excluding hydrogens is 634 g/mol. The number of carbonyl (C=O) groups excluding carboxylic acids is 4. The SMILES string of the molecule is O=C(O)C[C@@H](NC(=O)CCC(=O)N[C@H](Cc1c[nH]c2ccccc12)C(=O)NCCc1ccc2ccccc2c1)C(=O)NCCc1ccccc1. The van der Waals surface area contributed by atoms with Gasteiger partial charge in [0.1, 0.15) is 12.1 Å². The summed E-state index contributed by atoms with van der Waals surface area (Å²) in [5, 5.41) is 23.3. The number of hydrogen-bond acceptors (Lipinski definition) is 5. The Balaban J connectivity index is 1.16. The summed E-state index contributed by atoms with van der Waals surface area (Å²) in [6.45, 7) is 0.623. The number of aromatic nitrogens is 1. The molecule has 0 aliphatic carbocycles. The van der Waals surface area contributed by atoms with Crippen molar-refractivity contribution in [1.29, 1.82) is 0 Å². The highest BCUT2D eigenvalue weighted by molar-refractivity contribution is 5.93. The standard InChI is InChI=1S/C39H41N5O6/c45-35(16-17-36(46)44-34(24-37(47)48)39(50)40-20-18-26-8-2-1-3-9-26)43-33(23-30-25-42-32-13-7-6-12-31(30)32)38(49)41-21-19-27-14-15-28-10-4-5-11-29(28)22-27/h1-15,22,25,33-34,42H,16-21,23-24H2,(H,40,50)(H,41,49)(H,43,45)(H,44,46)(H,47,48)/t33-,34-/m1/s1. The van der Waals surface area contributed by atoms with Gasteiger partial charge in [0.2, 0.25) is 23.6 Å². The molecule has 258 valence electrons. The fourth-order valence-corrected chi connectivity index (χ4v) is 5.82. The molecule has 1 aromatic heterocycles. The summed E-state index contributed by atoms with van der Waals surface area (Å²) >= 11 is 0. The number of H-pyrrole nitrogens is 1. The van der Waals surface area contributed by atoms with Crippen molar-refractivity contribution in [2.24, 2.45) is 0 Å². The van der Waals surface area contributed by atoms with E-state index < -0.39 is 42.2 Å². The third-order valence-corrected chi connectivity index (χ3v) is 8.44. The third kappa shape index (κ3) is 10.3. The van der Waals surface area contributed by atoms with E-state index in [1.165, 1.54) is 0 Å². The quantitative estimate of drug-likeness (QED) is 0.0876. The lowest BCUT2D eigenvalue weighted by atomic mass is 10.0. The van der Waals surface area contributed by atoms with Crippen LogP contribution in [0.1, 0.15) is 36.0 Å². The second-order valence-electron chi connectivity index (χ2n) is 12.2. The zero-order chi connectivity index (χ0) is 35.3. The molecule has 0 aliphatic rings. The minimum Gasteiger partial charge on any atom is -0.481 e. The Labute approximate surface area is 289 Å². The van der Waals surface area contributed by atoms with Crippen molar-refractivity contribution in [2.45, 2.75) is 50.6 Å². The Morgan fingerprint density at radius 1 is 0.640 bits per heavy atom. The van der Waals surface area contributed by atoms with Crippen LogP contribution in [-0.2, 0) is 43.2 Å². The topological polar surface area (TPSA) is 169 Å². The first-order chi connectivity index (χ1) is 24.2. The molecule has 11 heteroatoms. The van der Waals surface area contributed by atoms with Gasteiger partial charge in [-0.25, -0.2) is 0 Å². The summed E-state index contributed by atoms with van der Waals surface area (Å²) in [6.07, 6.45) is 1.99. The van der Waals surface area contributed by atoms with Crippen LogP contribution in [0.5, 0.6) is 0 Å². The molecule has 11 nitrogen and oxygen atoms in total. The summed E-state index contributed by atoms with van der Waals surface area (Å²) in [4.78, 5) is 66.7. The molecule has 0 spiro atoms. The zero-order valence-corrected chi connectivity index (χ0v) is 27.6. The van der Waals surface area contributed by atoms with Gasteiger partial charge in [-0.15, -0.1) is 0 Å². The largest absolute Gasteiger partial charge is 0.481 e. The van der Waals surface area contributed by atoms with Crippen LogP contribution < -0.4 is 21.3 Å². The molecule has 0 unspecified atom stereocenters. The Bertz CT molecular complexity index is 1960. The van der Waals surface area contributed by atoms with Crippen LogP contribution in [0, 0.1) is 0 Å². The third-order valence-electron chi connectivity index (χ3n) is 8.44. The minimum absolute atomic E-state index is 0.216. The summed E-state index contributed by atoms with van der Waals surface area (Å²) in [6, 6.07) is 29.1. The molecule has 0 aliphatic heterocycles. The molecule has 2 atom stereocenters. The van der Waals surface area contributed by atoms with Crippen LogP contribution in [0.3, 0.4) is 0 Å². The van der Waals surface area contributed by atoms with Gasteiger partial charge in [0.15, 0.2) is 0 Å². The van der Waals surface area contributed by atoms with Crippen molar-refractivity contribution >= 4 is 51.3 Å². The van der Waals surface area contributed by atoms with Crippen molar-refractivity contribution in [3.05, 3.63) is 120 Å². The van der Waals surface area contributed by atoms with Gasteiger partial charge < -0.3 is 31.4 Å².